The SMILES string of the molecule is O=C(Oc1cccc2ccccc12)C1=CCC=C1.O=C(Oc1ccccc1)C1=CCCC=C1. The van der Waals surface area contributed by atoms with E-state index in [1.807, 2.05) is 91.0 Å². The normalized spacial score (nSPS) is 14.1. The topological polar surface area (TPSA) is 52.6 Å². The molecule has 0 spiro atoms. The number of hydrogen-bond acceptors (Lipinski definition) is 4. The van der Waals surface area contributed by atoms with E-state index in [-0.39, 0.29) is 11.9 Å². The number of allylic oxidation sites excluding steroid dienone is 4. The zero-order valence-corrected chi connectivity index (χ0v) is 18.1. The number of hydrogen-bond donors (Lipinski definition) is 0. The molecule has 3 aromatic carbocycles. The van der Waals surface area contributed by atoms with Crippen molar-refractivity contribution < 1.29 is 19.1 Å². The minimum Gasteiger partial charge on any atom is -0.423 e. The van der Waals surface area contributed by atoms with Crippen molar-refractivity contribution in [1.82, 2.24) is 0 Å². The van der Waals surface area contributed by atoms with Crippen molar-refractivity contribution in [1.29, 1.82) is 0 Å². The van der Waals surface area contributed by atoms with Crippen LogP contribution in [0.3, 0.4) is 0 Å². The van der Waals surface area contributed by atoms with Crippen molar-refractivity contribution in [3.63, 3.8) is 0 Å². The molecule has 4 heteroatoms. The van der Waals surface area contributed by atoms with Gasteiger partial charge in [-0.1, -0.05) is 91.1 Å². The summed E-state index contributed by atoms with van der Waals surface area (Å²) in [5, 5.41) is 2.02. The first-order chi connectivity index (χ1) is 16.2. The number of rotatable bonds is 4. The van der Waals surface area contributed by atoms with Crippen molar-refractivity contribution >= 4 is 22.7 Å². The van der Waals surface area contributed by atoms with Gasteiger partial charge in [0, 0.05) is 5.39 Å². The summed E-state index contributed by atoms with van der Waals surface area (Å²) >= 11 is 0. The van der Waals surface area contributed by atoms with E-state index in [1.165, 1.54) is 0 Å². The quantitative estimate of drug-likeness (QED) is 0.346. The number of esters is 2. The molecule has 0 saturated carbocycles. The first kappa shape index (κ1) is 22.0. The van der Waals surface area contributed by atoms with E-state index in [0.29, 0.717) is 22.6 Å². The fraction of sp³-hybridized carbons (Fsp3) is 0.103. The van der Waals surface area contributed by atoms with Gasteiger partial charge in [-0.25, -0.2) is 9.59 Å². The number of benzene rings is 3. The molecule has 3 aromatic rings. The molecule has 4 nitrogen and oxygen atoms in total. The van der Waals surface area contributed by atoms with E-state index in [0.717, 1.165) is 30.0 Å². The summed E-state index contributed by atoms with van der Waals surface area (Å²) < 4.78 is 10.6. The minimum absolute atomic E-state index is 0.280. The average molecular weight is 437 g/mol. The van der Waals surface area contributed by atoms with Gasteiger partial charge >= 0.3 is 11.9 Å². The van der Waals surface area contributed by atoms with Gasteiger partial charge in [-0.3, -0.25) is 0 Å². The highest BCUT2D eigenvalue weighted by molar-refractivity contribution is 5.97. The van der Waals surface area contributed by atoms with Gasteiger partial charge in [0.1, 0.15) is 11.5 Å². The van der Waals surface area contributed by atoms with Gasteiger partial charge in [0.25, 0.3) is 0 Å². The molecule has 2 aliphatic carbocycles. The maximum Gasteiger partial charge on any atom is 0.343 e. The Bertz CT molecular complexity index is 1260. The lowest BCUT2D eigenvalue weighted by Gasteiger charge is -2.07. The standard InChI is InChI=1S/C16H12O2.C13H12O2/c17-16(13-7-1-2-8-13)18-15-11-5-9-12-6-3-4-10-14(12)15;14-13(11-7-3-1-4-8-11)15-12-9-5-2-6-10-12/h1,3-11H,2H2;2-3,5-10H,1,4H2. The second-order valence-electron chi connectivity index (χ2n) is 7.51. The third kappa shape index (κ3) is 5.95. The van der Waals surface area contributed by atoms with Crippen molar-refractivity contribution in [2.45, 2.75) is 19.3 Å². The summed E-state index contributed by atoms with van der Waals surface area (Å²) in [6.45, 7) is 0. The number of carbonyl (C=O) groups is 2. The minimum atomic E-state index is -0.292. The molecule has 0 aliphatic heterocycles. The highest BCUT2D eigenvalue weighted by atomic mass is 16.5. The molecule has 0 atom stereocenters. The van der Waals surface area contributed by atoms with Crippen LogP contribution in [0.4, 0.5) is 0 Å². The number of para-hydroxylation sites is 1. The first-order valence-electron chi connectivity index (χ1n) is 10.9. The van der Waals surface area contributed by atoms with Gasteiger partial charge in [0.15, 0.2) is 0 Å². The highest BCUT2D eigenvalue weighted by Gasteiger charge is 2.13. The monoisotopic (exact) mass is 436 g/mol. The Kier molecular flexibility index (Phi) is 7.29. The summed E-state index contributed by atoms with van der Waals surface area (Å²) in [6, 6.07) is 22.7. The average Bonchev–Trinajstić information content (AvgIpc) is 3.41. The molecule has 0 radical (unpaired) electrons. The maximum atomic E-state index is 11.9. The molecule has 0 fully saturated rings. The van der Waals surface area contributed by atoms with Crippen LogP contribution in [-0.2, 0) is 9.59 Å². The number of fused-ring (bicyclic) bond motifs is 1. The molecule has 0 heterocycles. The fourth-order valence-electron chi connectivity index (χ4n) is 3.47. The van der Waals surface area contributed by atoms with Crippen molar-refractivity contribution in [3.8, 4) is 11.5 Å². The molecular weight excluding hydrogens is 412 g/mol. The van der Waals surface area contributed by atoms with Gasteiger partial charge in [-0.2, -0.15) is 0 Å². The Morgan fingerprint density at radius 1 is 0.636 bits per heavy atom. The van der Waals surface area contributed by atoms with E-state index in [9.17, 15) is 9.59 Å². The van der Waals surface area contributed by atoms with Gasteiger partial charge in [-0.15, -0.1) is 0 Å². The van der Waals surface area contributed by atoms with Crippen LogP contribution in [-0.4, -0.2) is 11.9 Å². The lowest BCUT2D eigenvalue weighted by atomic mass is 10.1. The second kappa shape index (κ2) is 10.9. The first-order valence-corrected chi connectivity index (χ1v) is 10.9. The smallest absolute Gasteiger partial charge is 0.343 e. The van der Waals surface area contributed by atoms with Crippen LogP contribution < -0.4 is 9.47 Å². The molecular formula is C29H24O4. The highest BCUT2D eigenvalue weighted by Crippen LogP contribution is 2.26. The summed E-state index contributed by atoms with van der Waals surface area (Å²) in [5.41, 5.74) is 1.27. The van der Waals surface area contributed by atoms with Crippen molar-refractivity contribution in [3.05, 3.63) is 120 Å². The van der Waals surface area contributed by atoms with E-state index < -0.39 is 0 Å². The molecule has 0 bridgehead atoms. The van der Waals surface area contributed by atoms with Crippen molar-refractivity contribution in [2.24, 2.45) is 0 Å². The largest absolute Gasteiger partial charge is 0.423 e. The van der Waals surface area contributed by atoms with Crippen LogP contribution in [0.25, 0.3) is 10.8 Å². The van der Waals surface area contributed by atoms with E-state index >= 15 is 0 Å². The Morgan fingerprint density at radius 3 is 2.09 bits per heavy atom. The summed E-state index contributed by atoms with van der Waals surface area (Å²) in [5.74, 6) is 0.624. The lowest BCUT2D eigenvalue weighted by Crippen LogP contribution is -2.10. The molecule has 2 aliphatic rings. The maximum absolute atomic E-state index is 11.9. The molecule has 33 heavy (non-hydrogen) atoms. The molecule has 0 aromatic heterocycles. The molecule has 0 saturated heterocycles. The van der Waals surface area contributed by atoms with Crippen molar-refractivity contribution in [2.75, 3.05) is 0 Å². The zero-order valence-electron chi connectivity index (χ0n) is 18.1. The van der Waals surface area contributed by atoms with Crippen LogP contribution >= 0.6 is 0 Å². The summed E-state index contributed by atoms with van der Waals surface area (Å²) in [6.07, 6.45) is 14.0. The van der Waals surface area contributed by atoms with E-state index in [4.69, 9.17) is 9.47 Å². The van der Waals surface area contributed by atoms with Gasteiger partial charge in [0.2, 0.25) is 0 Å². The summed E-state index contributed by atoms with van der Waals surface area (Å²) in [7, 11) is 0. The van der Waals surface area contributed by atoms with E-state index in [1.54, 1.807) is 18.2 Å². The molecule has 0 unspecified atom stereocenters. The Labute approximate surface area is 193 Å². The Balaban J connectivity index is 0.000000160. The van der Waals surface area contributed by atoms with Crippen LogP contribution in [0.2, 0.25) is 0 Å². The van der Waals surface area contributed by atoms with Crippen LogP contribution in [0, 0.1) is 0 Å². The summed E-state index contributed by atoms with van der Waals surface area (Å²) in [4.78, 5) is 23.5. The Morgan fingerprint density at radius 2 is 1.33 bits per heavy atom. The van der Waals surface area contributed by atoms with Crippen LogP contribution in [0.5, 0.6) is 11.5 Å². The second-order valence-corrected chi connectivity index (χ2v) is 7.51. The lowest BCUT2D eigenvalue weighted by molar-refractivity contribution is -0.130. The van der Waals surface area contributed by atoms with Crippen LogP contribution in [0.1, 0.15) is 19.3 Å². The molecule has 164 valence electrons. The van der Waals surface area contributed by atoms with Gasteiger partial charge in [-0.05, 0) is 42.8 Å². The molecule has 0 N–H and O–H groups in total. The van der Waals surface area contributed by atoms with E-state index in [2.05, 4.69) is 0 Å². The predicted molar refractivity (Wildman–Crippen MR) is 130 cm³/mol. The van der Waals surface area contributed by atoms with Crippen LogP contribution in [0.15, 0.2) is 120 Å². The zero-order chi connectivity index (χ0) is 22.9. The molecule has 5 rings (SSSR count). The number of carbonyl (C=O) groups excluding carboxylic acids is 2. The Hall–Kier alpha value is -4.18. The third-order valence-corrected chi connectivity index (χ3v) is 5.14. The third-order valence-electron chi connectivity index (χ3n) is 5.14. The van der Waals surface area contributed by atoms with Gasteiger partial charge in [0.05, 0.1) is 11.1 Å². The number of ether oxygens (including phenoxy) is 2. The molecule has 0 amide bonds. The van der Waals surface area contributed by atoms with Gasteiger partial charge < -0.3 is 9.47 Å². The predicted octanol–water partition coefficient (Wildman–Crippen LogP) is 6.50. The fourth-order valence-corrected chi connectivity index (χ4v) is 3.47.